The molecule has 0 unspecified atom stereocenters. The summed E-state index contributed by atoms with van der Waals surface area (Å²) in [5.74, 6) is 0.245. The van der Waals surface area contributed by atoms with Crippen molar-refractivity contribution in [2.75, 3.05) is 5.32 Å². The average Bonchev–Trinajstić information content (AvgIpc) is 2.41. The largest absolute Gasteiger partial charge is 0.316 e. The first kappa shape index (κ1) is 12.3. The fourth-order valence-corrected chi connectivity index (χ4v) is 1.56. The second kappa shape index (κ2) is 5.42. The molecule has 3 N–H and O–H groups in total. The summed E-state index contributed by atoms with van der Waals surface area (Å²) in [5.41, 5.74) is 7.70. The first-order valence-corrected chi connectivity index (χ1v) is 5.71. The van der Waals surface area contributed by atoms with E-state index in [-0.39, 0.29) is 5.91 Å². The van der Waals surface area contributed by atoms with Gasteiger partial charge in [-0.1, -0.05) is 36.4 Å². The van der Waals surface area contributed by atoms with E-state index in [4.69, 9.17) is 5.73 Å². The molecule has 1 amide bonds. The van der Waals surface area contributed by atoms with Crippen molar-refractivity contribution < 1.29 is 4.79 Å². The Morgan fingerprint density at radius 2 is 1.94 bits per heavy atom. The quantitative estimate of drug-likeness (QED) is 0.864. The predicted octanol–water partition coefficient (Wildman–Crippen LogP) is 2.03. The van der Waals surface area contributed by atoms with Crippen molar-refractivity contribution in [3.63, 3.8) is 0 Å². The lowest BCUT2D eigenvalue weighted by Crippen LogP contribution is -2.28. The van der Waals surface area contributed by atoms with Crippen LogP contribution in [0.4, 0.5) is 5.82 Å². The van der Waals surface area contributed by atoms with E-state index in [1.54, 1.807) is 12.3 Å². The van der Waals surface area contributed by atoms with Crippen molar-refractivity contribution in [1.82, 2.24) is 4.98 Å². The third-order valence-corrected chi connectivity index (χ3v) is 2.60. The summed E-state index contributed by atoms with van der Waals surface area (Å²) in [4.78, 5) is 16.0. The van der Waals surface area contributed by atoms with Gasteiger partial charge in [0.2, 0.25) is 5.91 Å². The van der Waals surface area contributed by atoms with Gasteiger partial charge in [0.05, 0.1) is 0 Å². The predicted molar refractivity (Wildman–Crippen MR) is 71.0 cm³/mol. The molecule has 2 rings (SSSR count). The first-order valence-electron chi connectivity index (χ1n) is 5.71. The minimum atomic E-state index is -0.686. The average molecular weight is 241 g/mol. The van der Waals surface area contributed by atoms with E-state index < -0.39 is 6.04 Å². The third-order valence-electron chi connectivity index (χ3n) is 2.60. The fraction of sp³-hybridized carbons (Fsp3) is 0.143. The molecule has 0 aliphatic carbocycles. The van der Waals surface area contributed by atoms with Gasteiger partial charge in [-0.05, 0) is 24.1 Å². The van der Waals surface area contributed by atoms with E-state index in [2.05, 4.69) is 10.3 Å². The number of rotatable bonds is 3. The molecule has 0 bridgehead atoms. The van der Waals surface area contributed by atoms with E-state index in [0.29, 0.717) is 5.82 Å². The van der Waals surface area contributed by atoms with Gasteiger partial charge >= 0.3 is 0 Å². The van der Waals surface area contributed by atoms with E-state index in [0.717, 1.165) is 11.1 Å². The van der Waals surface area contributed by atoms with Gasteiger partial charge in [0.15, 0.2) is 0 Å². The number of hydrogen-bond donors (Lipinski definition) is 2. The van der Waals surface area contributed by atoms with Gasteiger partial charge in [-0.15, -0.1) is 0 Å². The lowest BCUT2D eigenvalue weighted by Gasteiger charge is -2.11. The molecule has 1 aromatic carbocycles. The molecule has 0 radical (unpaired) electrons. The van der Waals surface area contributed by atoms with Crippen molar-refractivity contribution in [3.8, 4) is 0 Å². The van der Waals surface area contributed by atoms with Crippen molar-refractivity contribution in [3.05, 3.63) is 59.8 Å². The highest BCUT2D eigenvalue weighted by molar-refractivity contribution is 5.94. The monoisotopic (exact) mass is 241 g/mol. The summed E-state index contributed by atoms with van der Waals surface area (Å²) in [6.07, 6.45) is 1.70. The zero-order valence-electron chi connectivity index (χ0n) is 10.1. The van der Waals surface area contributed by atoms with Crippen LogP contribution in [0.15, 0.2) is 48.7 Å². The van der Waals surface area contributed by atoms with Gasteiger partial charge in [-0.25, -0.2) is 4.98 Å². The Morgan fingerprint density at radius 3 is 2.56 bits per heavy atom. The zero-order chi connectivity index (χ0) is 13.0. The van der Waals surface area contributed by atoms with Gasteiger partial charge in [0.1, 0.15) is 11.9 Å². The molecule has 0 fully saturated rings. The summed E-state index contributed by atoms with van der Waals surface area (Å²) in [6, 6.07) is 12.2. The van der Waals surface area contributed by atoms with Crippen LogP contribution in [0.3, 0.4) is 0 Å². The minimum absolute atomic E-state index is 0.266. The molecule has 4 heteroatoms. The molecule has 0 aliphatic heterocycles. The Labute approximate surface area is 106 Å². The highest BCUT2D eigenvalue weighted by atomic mass is 16.2. The number of benzene rings is 1. The topological polar surface area (TPSA) is 68.0 Å². The van der Waals surface area contributed by atoms with Crippen LogP contribution in [0, 0.1) is 6.92 Å². The number of nitrogens with zero attached hydrogens (tertiary/aromatic N) is 1. The normalized spacial score (nSPS) is 11.9. The number of carbonyl (C=O) groups is 1. The van der Waals surface area contributed by atoms with Gasteiger partial charge in [-0.3, -0.25) is 4.79 Å². The van der Waals surface area contributed by atoms with Gasteiger partial charge < -0.3 is 11.1 Å². The minimum Gasteiger partial charge on any atom is -0.316 e. The van der Waals surface area contributed by atoms with Gasteiger partial charge in [0, 0.05) is 6.20 Å². The number of aromatic nitrogens is 1. The summed E-state index contributed by atoms with van der Waals surface area (Å²) in [7, 11) is 0. The molecule has 1 atom stereocenters. The zero-order valence-corrected chi connectivity index (χ0v) is 10.1. The Hall–Kier alpha value is -2.20. The third kappa shape index (κ3) is 2.93. The molecule has 0 saturated heterocycles. The maximum atomic E-state index is 11.9. The molecular formula is C14H15N3O. The molecule has 18 heavy (non-hydrogen) atoms. The molecule has 4 nitrogen and oxygen atoms in total. The number of carbonyl (C=O) groups excluding carboxylic acids is 1. The highest BCUT2D eigenvalue weighted by Crippen LogP contribution is 2.12. The Morgan fingerprint density at radius 1 is 1.22 bits per heavy atom. The summed E-state index contributed by atoms with van der Waals surface area (Å²) in [6.45, 7) is 1.94. The second-order valence-corrected chi connectivity index (χ2v) is 4.10. The summed E-state index contributed by atoms with van der Waals surface area (Å²) in [5, 5.41) is 2.69. The first-order chi connectivity index (χ1) is 8.66. The van der Waals surface area contributed by atoms with Crippen LogP contribution >= 0.6 is 0 Å². The van der Waals surface area contributed by atoms with Crippen LogP contribution in [0.2, 0.25) is 0 Å². The number of aryl methyl sites for hydroxylation is 1. The molecular weight excluding hydrogens is 226 g/mol. The van der Waals surface area contributed by atoms with Crippen LogP contribution in [0.1, 0.15) is 17.2 Å². The van der Waals surface area contributed by atoms with E-state index >= 15 is 0 Å². The fourth-order valence-electron chi connectivity index (χ4n) is 1.56. The van der Waals surface area contributed by atoms with Crippen LogP contribution in [0.5, 0.6) is 0 Å². The van der Waals surface area contributed by atoms with E-state index in [9.17, 15) is 4.79 Å². The highest BCUT2D eigenvalue weighted by Gasteiger charge is 2.15. The Bertz CT molecular complexity index is 522. The Balaban J connectivity index is 2.06. The SMILES string of the molecule is Cc1ccc(NC(=O)[C@@H](N)c2ccccc2)nc1. The number of amides is 1. The lowest BCUT2D eigenvalue weighted by atomic mass is 10.1. The number of hydrogen-bond acceptors (Lipinski definition) is 3. The van der Waals surface area contributed by atoms with Crippen molar-refractivity contribution in [2.45, 2.75) is 13.0 Å². The van der Waals surface area contributed by atoms with Crippen LogP contribution < -0.4 is 11.1 Å². The van der Waals surface area contributed by atoms with Crippen molar-refractivity contribution in [1.29, 1.82) is 0 Å². The second-order valence-electron chi connectivity index (χ2n) is 4.10. The number of nitrogens with two attached hydrogens (primary N) is 1. The molecule has 92 valence electrons. The maximum Gasteiger partial charge on any atom is 0.247 e. The molecule has 0 saturated carbocycles. The van der Waals surface area contributed by atoms with Crippen LogP contribution in [-0.2, 0) is 4.79 Å². The van der Waals surface area contributed by atoms with E-state index in [1.165, 1.54) is 0 Å². The Kier molecular flexibility index (Phi) is 3.69. The van der Waals surface area contributed by atoms with Crippen molar-refractivity contribution >= 4 is 11.7 Å². The molecule has 0 spiro atoms. The summed E-state index contributed by atoms with van der Waals surface area (Å²) >= 11 is 0. The smallest absolute Gasteiger partial charge is 0.247 e. The number of pyridine rings is 1. The summed E-state index contributed by atoms with van der Waals surface area (Å²) < 4.78 is 0. The van der Waals surface area contributed by atoms with Gasteiger partial charge in [-0.2, -0.15) is 0 Å². The molecule has 1 heterocycles. The number of anilines is 1. The van der Waals surface area contributed by atoms with E-state index in [1.807, 2.05) is 43.3 Å². The lowest BCUT2D eigenvalue weighted by molar-refractivity contribution is -0.117. The number of nitrogens with one attached hydrogen (secondary N) is 1. The maximum absolute atomic E-state index is 11.9. The van der Waals surface area contributed by atoms with Crippen molar-refractivity contribution in [2.24, 2.45) is 5.73 Å². The molecule has 0 aliphatic rings. The molecule has 2 aromatic rings. The van der Waals surface area contributed by atoms with Crippen LogP contribution in [0.25, 0.3) is 0 Å². The standard InChI is InChI=1S/C14H15N3O/c1-10-7-8-12(16-9-10)17-14(18)13(15)11-5-3-2-4-6-11/h2-9,13H,15H2,1H3,(H,16,17,18)/t13-/m0/s1. The van der Waals surface area contributed by atoms with Gasteiger partial charge in [0.25, 0.3) is 0 Å². The van der Waals surface area contributed by atoms with Crippen LogP contribution in [-0.4, -0.2) is 10.9 Å². The molecule has 1 aromatic heterocycles.